The van der Waals surface area contributed by atoms with E-state index >= 15 is 0 Å². The Morgan fingerprint density at radius 2 is 2.22 bits per heavy atom. The molecule has 18 heavy (non-hydrogen) atoms. The fourth-order valence-electron chi connectivity index (χ4n) is 1.17. The Hall–Kier alpha value is -2.55. The smallest absolute Gasteiger partial charge is 0.338 e. The number of nitrogens with one attached hydrogen (secondary N) is 1. The molecular formula is C12H13N3O3. The normalized spacial score (nSPS) is 9.33. The highest BCUT2D eigenvalue weighted by Crippen LogP contribution is 2.13. The number of nitrogens with zero attached hydrogens (tertiary/aromatic N) is 1. The number of ether oxygens (including phenoxy) is 1. The minimum Gasteiger partial charge on any atom is -0.452 e. The van der Waals surface area contributed by atoms with Crippen LogP contribution in [0.1, 0.15) is 15.9 Å². The third-order valence-corrected chi connectivity index (χ3v) is 2.21. The van der Waals surface area contributed by atoms with Crippen LogP contribution in [0.25, 0.3) is 0 Å². The lowest BCUT2D eigenvalue weighted by molar-refractivity contribution is -0.123. The van der Waals surface area contributed by atoms with E-state index in [2.05, 4.69) is 5.32 Å². The van der Waals surface area contributed by atoms with Gasteiger partial charge in [0.15, 0.2) is 6.61 Å². The van der Waals surface area contributed by atoms with Gasteiger partial charge in [-0.3, -0.25) is 4.79 Å². The van der Waals surface area contributed by atoms with Gasteiger partial charge in [-0.05, 0) is 24.6 Å². The summed E-state index contributed by atoms with van der Waals surface area (Å²) >= 11 is 0. The summed E-state index contributed by atoms with van der Waals surface area (Å²) in [6.07, 6.45) is 0. The molecule has 3 N–H and O–H groups in total. The van der Waals surface area contributed by atoms with Gasteiger partial charge in [0, 0.05) is 5.69 Å². The number of aryl methyl sites for hydroxylation is 1. The van der Waals surface area contributed by atoms with E-state index in [1.807, 2.05) is 6.92 Å². The van der Waals surface area contributed by atoms with Gasteiger partial charge in [0.1, 0.15) is 6.54 Å². The van der Waals surface area contributed by atoms with Crippen LogP contribution in [0, 0.1) is 18.3 Å². The highest BCUT2D eigenvalue weighted by molar-refractivity contribution is 5.92. The maximum atomic E-state index is 11.6. The average Bonchev–Trinajstić information content (AvgIpc) is 2.36. The number of amides is 1. The van der Waals surface area contributed by atoms with Crippen LogP contribution in [0.3, 0.4) is 0 Å². The first kappa shape index (κ1) is 13.5. The number of esters is 1. The Morgan fingerprint density at radius 1 is 1.50 bits per heavy atom. The molecule has 6 heteroatoms. The van der Waals surface area contributed by atoms with Crippen LogP contribution in [0.2, 0.25) is 0 Å². The number of hydrogen-bond acceptors (Lipinski definition) is 5. The van der Waals surface area contributed by atoms with Crippen molar-refractivity contribution in [3.63, 3.8) is 0 Å². The Labute approximate surface area is 104 Å². The molecule has 0 unspecified atom stereocenters. The maximum Gasteiger partial charge on any atom is 0.338 e. The Morgan fingerprint density at radius 3 is 2.83 bits per heavy atom. The van der Waals surface area contributed by atoms with E-state index in [1.54, 1.807) is 18.2 Å². The van der Waals surface area contributed by atoms with Gasteiger partial charge in [-0.1, -0.05) is 6.07 Å². The molecule has 1 aromatic rings. The number of carbonyl (C=O) groups is 2. The summed E-state index contributed by atoms with van der Waals surface area (Å²) in [6, 6.07) is 6.50. The van der Waals surface area contributed by atoms with E-state index in [1.165, 1.54) is 6.07 Å². The van der Waals surface area contributed by atoms with Crippen molar-refractivity contribution in [3.8, 4) is 6.07 Å². The molecule has 0 saturated carbocycles. The number of nitriles is 1. The van der Waals surface area contributed by atoms with Gasteiger partial charge >= 0.3 is 5.97 Å². The number of hydrogen-bond donors (Lipinski definition) is 2. The molecule has 0 aliphatic rings. The zero-order valence-electron chi connectivity index (χ0n) is 9.90. The summed E-state index contributed by atoms with van der Waals surface area (Å²) in [5, 5.41) is 10.5. The van der Waals surface area contributed by atoms with Crippen LogP contribution in [-0.4, -0.2) is 25.0 Å². The lowest BCUT2D eigenvalue weighted by Gasteiger charge is -2.06. The maximum absolute atomic E-state index is 11.6. The second-order valence-electron chi connectivity index (χ2n) is 3.58. The Balaban J connectivity index is 2.53. The van der Waals surface area contributed by atoms with Gasteiger partial charge in [0.25, 0.3) is 5.91 Å². The molecule has 0 aromatic heterocycles. The molecule has 6 nitrogen and oxygen atoms in total. The predicted molar refractivity (Wildman–Crippen MR) is 64.5 cm³/mol. The van der Waals surface area contributed by atoms with Gasteiger partial charge in [-0.15, -0.1) is 0 Å². The minimum atomic E-state index is -0.631. The Bertz CT molecular complexity index is 506. The topological polar surface area (TPSA) is 105 Å². The number of carbonyl (C=O) groups excluding carboxylic acids is 2. The van der Waals surface area contributed by atoms with Gasteiger partial charge in [0.2, 0.25) is 0 Å². The summed E-state index contributed by atoms with van der Waals surface area (Å²) in [7, 11) is 0. The van der Waals surface area contributed by atoms with Crippen LogP contribution in [0.4, 0.5) is 5.69 Å². The quantitative estimate of drug-likeness (QED) is 0.454. The van der Waals surface area contributed by atoms with Crippen molar-refractivity contribution in [2.75, 3.05) is 18.9 Å². The zero-order chi connectivity index (χ0) is 13.5. The molecule has 0 heterocycles. The second kappa shape index (κ2) is 6.25. The molecule has 0 bridgehead atoms. The highest BCUT2D eigenvalue weighted by atomic mass is 16.5. The summed E-state index contributed by atoms with van der Waals surface area (Å²) < 4.78 is 4.77. The second-order valence-corrected chi connectivity index (χ2v) is 3.58. The summed E-state index contributed by atoms with van der Waals surface area (Å²) in [5.74, 6) is -1.15. The number of nitrogens with two attached hydrogens (primary N) is 1. The van der Waals surface area contributed by atoms with Gasteiger partial charge in [0.05, 0.1) is 11.6 Å². The first-order valence-corrected chi connectivity index (χ1v) is 5.21. The molecule has 0 fully saturated rings. The van der Waals surface area contributed by atoms with E-state index in [-0.39, 0.29) is 12.1 Å². The van der Waals surface area contributed by atoms with E-state index in [4.69, 9.17) is 15.7 Å². The minimum absolute atomic E-state index is 0.117. The van der Waals surface area contributed by atoms with Gasteiger partial charge in [-0.25, -0.2) is 4.79 Å². The van der Waals surface area contributed by atoms with E-state index < -0.39 is 18.5 Å². The van der Waals surface area contributed by atoms with E-state index in [0.29, 0.717) is 5.69 Å². The van der Waals surface area contributed by atoms with Gasteiger partial charge in [-0.2, -0.15) is 5.26 Å². The van der Waals surface area contributed by atoms with Crippen molar-refractivity contribution in [1.82, 2.24) is 5.32 Å². The van der Waals surface area contributed by atoms with E-state index in [0.717, 1.165) is 5.56 Å². The first-order valence-electron chi connectivity index (χ1n) is 5.21. The molecule has 0 aliphatic heterocycles. The lowest BCUT2D eigenvalue weighted by atomic mass is 10.1. The molecule has 1 aromatic carbocycles. The average molecular weight is 247 g/mol. The standard InChI is InChI=1S/C12H13N3O3/c1-8-2-3-9(6-10(8)14)12(17)18-7-11(16)15-5-4-13/h2-3,6H,5,7,14H2,1H3,(H,15,16). The van der Waals surface area contributed by atoms with Crippen LogP contribution in [0.15, 0.2) is 18.2 Å². The number of nitrogen functional groups attached to an aromatic ring is 1. The molecular weight excluding hydrogens is 234 g/mol. The largest absolute Gasteiger partial charge is 0.452 e. The summed E-state index contributed by atoms with van der Waals surface area (Å²) in [5.41, 5.74) is 7.28. The van der Waals surface area contributed by atoms with Crippen LogP contribution in [-0.2, 0) is 9.53 Å². The van der Waals surface area contributed by atoms with Gasteiger partial charge < -0.3 is 15.8 Å². The molecule has 94 valence electrons. The summed E-state index contributed by atoms with van der Waals surface area (Å²) in [4.78, 5) is 22.7. The predicted octanol–water partition coefficient (Wildman–Crippen LogP) is 0.374. The molecule has 0 aliphatic carbocycles. The van der Waals surface area contributed by atoms with Crippen LogP contribution in [0.5, 0.6) is 0 Å². The number of anilines is 1. The highest BCUT2D eigenvalue weighted by Gasteiger charge is 2.10. The number of rotatable bonds is 4. The molecule has 0 radical (unpaired) electrons. The first-order chi connectivity index (χ1) is 8.54. The van der Waals surface area contributed by atoms with Crippen LogP contribution >= 0.6 is 0 Å². The fourth-order valence-corrected chi connectivity index (χ4v) is 1.17. The van der Waals surface area contributed by atoms with Crippen molar-refractivity contribution in [2.45, 2.75) is 6.92 Å². The molecule has 0 atom stereocenters. The van der Waals surface area contributed by atoms with Crippen molar-refractivity contribution in [3.05, 3.63) is 29.3 Å². The molecule has 1 rings (SSSR count). The van der Waals surface area contributed by atoms with Crippen molar-refractivity contribution >= 4 is 17.6 Å². The van der Waals surface area contributed by atoms with Crippen molar-refractivity contribution < 1.29 is 14.3 Å². The Kier molecular flexibility index (Phi) is 4.69. The number of benzene rings is 1. The SMILES string of the molecule is Cc1ccc(C(=O)OCC(=O)NCC#N)cc1N. The molecule has 1 amide bonds. The van der Waals surface area contributed by atoms with Crippen molar-refractivity contribution in [2.24, 2.45) is 0 Å². The lowest BCUT2D eigenvalue weighted by Crippen LogP contribution is -2.29. The van der Waals surface area contributed by atoms with Crippen LogP contribution < -0.4 is 11.1 Å². The molecule has 0 saturated heterocycles. The molecule has 0 spiro atoms. The zero-order valence-corrected chi connectivity index (χ0v) is 9.90. The third kappa shape index (κ3) is 3.79. The van der Waals surface area contributed by atoms with Crippen molar-refractivity contribution in [1.29, 1.82) is 5.26 Å². The third-order valence-electron chi connectivity index (χ3n) is 2.21. The summed E-state index contributed by atoms with van der Waals surface area (Å²) in [6.45, 7) is 1.28. The van der Waals surface area contributed by atoms with E-state index in [9.17, 15) is 9.59 Å². The fraction of sp³-hybridized carbons (Fsp3) is 0.250. The monoisotopic (exact) mass is 247 g/mol.